The van der Waals surface area contributed by atoms with Crippen LogP contribution in [0.5, 0.6) is 0 Å². The minimum atomic E-state index is 0.466. The summed E-state index contributed by atoms with van der Waals surface area (Å²) in [7, 11) is 0. The molecule has 2 aromatic rings. The van der Waals surface area contributed by atoms with Crippen LogP contribution >= 0.6 is 11.6 Å². The van der Waals surface area contributed by atoms with Crippen molar-refractivity contribution in [3.63, 3.8) is 0 Å². The number of rotatable bonds is 2. The molecule has 4 rings (SSSR count). The zero-order valence-electron chi connectivity index (χ0n) is 12.4. The Morgan fingerprint density at radius 3 is 2.73 bits per heavy atom. The van der Waals surface area contributed by atoms with Gasteiger partial charge in [-0.2, -0.15) is 0 Å². The standard InChI is InChI=1S/C17H19ClN4/c18-16-10-19-11-17(20-16)21-8-9-22-14(12-21)6-7-15(22)13-4-2-1-3-5-13/h1-5,10-11,14-15H,6-9,12H2. The molecule has 2 atom stereocenters. The SMILES string of the molecule is Clc1cncc(N2CCN3C(CCC3c3ccccc3)C2)n1. The van der Waals surface area contributed by atoms with E-state index in [1.165, 1.54) is 18.4 Å². The van der Waals surface area contributed by atoms with Crippen molar-refractivity contribution in [1.82, 2.24) is 14.9 Å². The van der Waals surface area contributed by atoms with Crippen LogP contribution in [-0.2, 0) is 0 Å². The molecule has 22 heavy (non-hydrogen) atoms. The Balaban J connectivity index is 1.50. The van der Waals surface area contributed by atoms with E-state index in [-0.39, 0.29) is 0 Å². The van der Waals surface area contributed by atoms with Gasteiger partial charge in [-0.25, -0.2) is 4.98 Å². The Kier molecular flexibility index (Phi) is 3.72. The van der Waals surface area contributed by atoms with Crippen molar-refractivity contribution in [2.45, 2.75) is 24.9 Å². The Morgan fingerprint density at radius 2 is 1.91 bits per heavy atom. The summed E-state index contributed by atoms with van der Waals surface area (Å²) in [6.07, 6.45) is 5.88. The summed E-state index contributed by atoms with van der Waals surface area (Å²) < 4.78 is 0. The Morgan fingerprint density at radius 1 is 1.05 bits per heavy atom. The number of anilines is 1. The fourth-order valence-electron chi connectivity index (χ4n) is 3.78. The topological polar surface area (TPSA) is 32.3 Å². The third kappa shape index (κ3) is 2.57. The van der Waals surface area contributed by atoms with E-state index in [1.54, 1.807) is 6.20 Å². The summed E-state index contributed by atoms with van der Waals surface area (Å²) in [5.74, 6) is 0.898. The van der Waals surface area contributed by atoms with Gasteiger partial charge < -0.3 is 4.90 Å². The van der Waals surface area contributed by atoms with E-state index in [2.05, 4.69) is 50.1 Å². The number of hydrogen-bond donors (Lipinski definition) is 0. The van der Waals surface area contributed by atoms with E-state index in [0.717, 1.165) is 25.5 Å². The molecule has 2 aliphatic heterocycles. The summed E-state index contributed by atoms with van der Waals surface area (Å²) in [5, 5.41) is 0.466. The van der Waals surface area contributed by atoms with Crippen molar-refractivity contribution in [2.75, 3.05) is 24.5 Å². The number of piperazine rings is 1. The highest BCUT2D eigenvalue weighted by Gasteiger charge is 2.38. The molecule has 2 fully saturated rings. The first kappa shape index (κ1) is 14.0. The largest absolute Gasteiger partial charge is 0.352 e. The van der Waals surface area contributed by atoms with Crippen molar-refractivity contribution in [3.8, 4) is 0 Å². The fraction of sp³-hybridized carbons (Fsp3) is 0.412. The molecule has 4 nitrogen and oxygen atoms in total. The van der Waals surface area contributed by atoms with Crippen LogP contribution in [0.4, 0.5) is 5.82 Å². The normalized spacial score (nSPS) is 25.2. The van der Waals surface area contributed by atoms with Crippen LogP contribution < -0.4 is 4.90 Å². The van der Waals surface area contributed by atoms with Gasteiger partial charge in [-0.05, 0) is 18.4 Å². The molecule has 0 radical (unpaired) electrons. The number of halogens is 1. The summed E-state index contributed by atoms with van der Waals surface area (Å²) >= 11 is 5.97. The lowest BCUT2D eigenvalue weighted by Crippen LogP contribution is -2.51. The van der Waals surface area contributed by atoms with E-state index in [9.17, 15) is 0 Å². The minimum absolute atomic E-state index is 0.466. The van der Waals surface area contributed by atoms with Crippen LogP contribution in [0.2, 0.25) is 5.15 Å². The highest BCUT2D eigenvalue weighted by Crippen LogP contribution is 2.38. The predicted octanol–water partition coefficient (Wildman–Crippen LogP) is 3.16. The molecule has 114 valence electrons. The third-order valence-corrected chi connectivity index (χ3v) is 4.98. The molecular formula is C17H19ClN4. The van der Waals surface area contributed by atoms with Gasteiger partial charge in [0.1, 0.15) is 11.0 Å². The van der Waals surface area contributed by atoms with Crippen LogP contribution in [0, 0.1) is 0 Å². The molecule has 2 aliphatic rings. The summed E-state index contributed by atoms with van der Waals surface area (Å²) in [4.78, 5) is 13.5. The first-order chi connectivity index (χ1) is 10.8. The first-order valence-corrected chi connectivity index (χ1v) is 8.22. The van der Waals surface area contributed by atoms with E-state index >= 15 is 0 Å². The first-order valence-electron chi connectivity index (χ1n) is 7.84. The summed E-state index contributed by atoms with van der Waals surface area (Å²) in [6, 6.07) is 12.0. The van der Waals surface area contributed by atoms with Gasteiger partial charge in [0.25, 0.3) is 0 Å². The summed E-state index contributed by atoms with van der Waals surface area (Å²) in [5.41, 5.74) is 1.45. The molecule has 0 bridgehead atoms. The summed E-state index contributed by atoms with van der Waals surface area (Å²) in [6.45, 7) is 3.06. The number of nitrogens with zero attached hydrogens (tertiary/aromatic N) is 4. The molecule has 0 amide bonds. The van der Waals surface area contributed by atoms with Crippen molar-refractivity contribution < 1.29 is 0 Å². The minimum Gasteiger partial charge on any atom is -0.352 e. The average Bonchev–Trinajstić information content (AvgIpc) is 2.99. The Labute approximate surface area is 135 Å². The monoisotopic (exact) mass is 314 g/mol. The number of hydrogen-bond acceptors (Lipinski definition) is 4. The predicted molar refractivity (Wildman–Crippen MR) is 88.2 cm³/mol. The molecule has 3 heterocycles. The molecule has 0 spiro atoms. The van der Waals surface area contributed by atoms with Gasteiger partial charge in [0.2, 0.25) is 0 Å². The van der Waals surface area contributed by atoms with Crippen LogP contribution in [0.15, 0.2) is 42.7 Å². The lowest BCUT2D eigenvalue weighted by Gasteiger charge is -2.40. The molecule has 1 aromatic heterocycles. The van der Waals surface area contributed by atoms with Crippen LogP contribution in [0.3, 0.4) is 0 Å². The van der Waals surface area contributed by atoms with Crippen molar-refractivity contribution in [3.05, 3.63) is 53.4 Å². The lowest BCUT2D eigenvalue weighted by atomic mass is 10.0. The van der Waals surface area contributed by atoms with E-state index < -0.39 is 0 Å². The quantitative estimate of drug-likeness (QED) is 0.852. The van der Waals surface area contributed by atoms with Gasteiger partial charge in [-0.1, -0.05) is 41.9 Å². The van der Waals surface area contributed by atoms with Gasteiger partial charge in [0.15, 0.2) is 0 Å². The van der Waals surface area contributed by atoms with Gasteiger partial charge in [0, 0.05) is 31.7 Å². The molecule has 5 heteroatoms. The van der Waals surface area contributed by atoms with Crippen molar-refractivity contribution in [2.24, 2.45) is 0 Å². The number of fused-ring (bicyclic) bond motifs is 1. The molecule has 1 aromatic carbocycles. The Bertz CT molecular complexity index is 648. The van der Waals surface area contributed by atoms with Crippen LogP contribution in [0.25, 0.3) is 0 Å². The zero-order chi connectivity index (χ0) is 14.9. The third-order valence-electron chi connectivity index (χ3n) is 4.80. The van der Waals surface area contributed by atoms with Crippen molar-refractivity contribution in [1.29, 1.82) is 0 Å². The number of aromatic nitrogens is 2. The maximum absolute atomic E-state index is 5.97. The Hall–Kier alpha value is -1.65. The second kappa shape index (κ2) is 5.86. The molecule has 0 saturated carbocycles. The molecule has 2 unspecified atom stereocenters. The molecule has 0 N–H and O–H groups in total. The van der Waals surface area contributed by atoms with Crippen LogP contribution in [0.1, 0.15) is 24.4 Å². The molecule has 0 aliphatic carbocycles. The van der Waals surface area contributed by atoms with E-state index in [1.807, 2.05) is 6.20 Å². The van der Waals surface area contributed by atoms with Crippen molar-refractivity contribution >= 4 is 17.4 Å². The van der Waals surface area contributed by atoms with Gasteiger partial charge in [0.05, 0.1) is 12.4 Å². The maximum atomic E-state index is 5.97. The highest BCUT2D eigenvalue weighted by atomic mass is 35.5. The van der Waals surface area contributed by atoms with E-state index in [4.69, 9.17) is 11.6 Å². The van der Waals surface area contributed by atoms with Gasteiger partial charge >= 0.3 is 0 Å². The van der Waals surface area contributed by atoms with E-state index in [0.29, 0.717) is 17.2 Å². The second-order valence-corrected chi connectivity index (χ2v) is 6.43. The fourth-order valence-corrected chi connectivity index (χ4v) is 3.92. The molecule has 2 saturated heterocycles. The zero-order valence-corrected chi connectivity index (χ0v) is 13.2. The average molecular weight is 315 g/mol. The maximum Gasteiger partial charge on any atom is 0.149 e. The second-order valence-electron chi connectivity index (χ2n) is 6.04. The number of benzene rings is 1. The smallest absolute Gasteiger partial charge is 0.149 e. The van der Waals surface area contributed by atoms with Gasteiger partial charge in [-0.3, -0.25) is 9.88 Å². The lowest BCUT2D eigenvalue weighted by molar-refractivity contribution is 0.176. The van der Waals surface area contributed by atoms with Crippen LogP contribution in [-0.4, -0.2) is 40.5 Å². The van der Waals surface area contributed by atoms with Gasteiger partial charge in [-0.15, -0.1) is 0 Å². The molecular weight excluding hydrogens is 296 g/mol. The highest BCUT2D eigenvalue weighted by molar-refractivity contribution is 6.29.